The van der Waals surface area contributed by atoms with E-state index in [4.69, 9.17) is 0 Å². The van der Waals surface area contributed by atoms with Crippen LogP contribution in [0.15, 0.2) is 6.07 Å². The van der Waals surface area contributed by atoms with Crippen LogP contribution < -0.4 is 137 Å². The van der Waals surface area contributed by atoms with Gasteiger partial charge in [0.1, 0.15) is 196 Å². The summed E-state index contributed by atoms with van der Waals surface area (Å²) in [4.78, 5) is 0. The van der Waals surface area contributed by atoms with Crippen LogP contribution in [0.3, 0.4) is 0 Å². The lowest BCUT2D eigenvalue weighted by Gasteiger charge is -2.32. The number of benzene rings is 8. The SMILES string of the molecule is Bc1cc2c(-c3c(B)c(B)c(B)c4c(B)c(B)c(B)c(B)c34)c3c(B)c(B)c(B)c(B)c3c(-c3c(B)c(B)c(-c4c(B)c(B)c5c(B)c(B)c(B)c(B)c5c4B)c(B)c3B)c2c(B)c1B. The van der Waals surface area contributed by atoms with Crippen molar-refractivity contribution in [2.45, 2.75) is 0 Å². The van der Waals surface area contributed by atoms with Gasteiger partial charge in [-0.05, 0) is 76.5 Å². The summed E-state index contributed by atoms with van der Waals surface area (Å²) in [6, 6.07) is 2.57. The first-order valence-corrected chi connectivity index (χ1v) is 24.3. The predicted octanol–water partition coefficient (Wildman–Crippen LogP) is -32.2. The fourth-order valence-electron chi connectivity index (χ4n) is 13.0. The Morgan fingerprint density at radius 2 is 0.385 bits per heavy atom. The molecule has 0 nitrogen and oxygen atoms in total. The van der Waals surface area contributed by atoms with Crippen molar-refractivity contribution in [2.24, 2.45) is 0 Å². The molecule has 0 atom stereocenters. The van der Waals surface area contributed by atoms with E-state index in [0.29, 0.717) is 0 Å². The molecule has 8 aromatic rings. The molecule has 286 valence electrons. The monoisotopic (exact) mass is 807 g/mol. The van der Waals surface area contributed by atoms with Gasteiger partial charge in [0.05, 0.1) is 0 Å². The van der Waals surface area contributed by atoms with Gasteiger partial charge in [0, 0.05) is 0 Å². The molecule has 65 heavy (non-hydrogen) atoms. The lowest BCUT2D eigenvalue weighted by Crippen LogP contribution is -2.53. The van der Waals surface area contributed by atoms with Crippen LogP contribution in [-0.2, 0) is 0 Å². The Hall–Kier alpha value is -3.58. The van der Waals surface area contributed by atoms with Crippen molar-refractivity contribution in [1.82, 2.24) is 0 Å². The van der Waals surface area contributed by atoms with E-state index in [9.17, 15) is 0 Å². The maximum Gasteiger partial charge on any atom is 0.140 e. The van der Waals surface area contributed by atoms with Crippen molar-refractivity contribution >= 4 is 376 Å². The van der Waals surface area contributed by atoms with E-state index in [0.717, 1.165) is 0 Å². The second-order valence-corrected chi connectivity index (χ2v) is 21.1. The average molecular weight is 802 g/mol. The highest BCUT2D eigenvalue weighted by molar-refractivity contribution is 6.77. The highest BCUT2D eigenvalue weighted by Gasteiger charge is 2.30. The first-order valence-electron chi connectivity index (χ1n) is 24.3. The van der Waals surface area contributed by atoms with Crippen molar-refractivity contribution in [3.8, 4) is 33.4 Å². The number of hydrogen-bond donors (Lipinski definition) is 0. The van der Waals surface area contributed by atoms with Gasteiger partial charge in [-0.3, -0.25) is 0 Å². The molecule has 0 saturated carbocycles. The third-order valence-corrected chi connectivity index (χ3v) is 18.8. The van der Waals surface area contributed by atoms with Crippen LogP contribution in [-0.4, -0.2) is 196 Å². The third kappa shape index (κ3) is 6.34. The fraction of sp³-hybridized carbons (Fsp3) is 0. The van der Waals surface area contributed by atoms with Crippen molar-refractivity contribution in [3.63, 3.8) is 0 Å². The summed E-state index contributed by atoms with van der Waals surface area (Å²) in [5.41, 5.74) is 43.6. The fourth-order valence-corrected chi connectivity index (χ4v) is 13.0. The summed E-state index contributed by atoms with van der Waals surface area (Å²) in [6.45, 7) is 0. The van der Waals surface area contributed by atoms with Gasteiger partial charge in [-0.2, -0.15) is 0 Å². The molecular formula is C40H51B25. The van der Waals surface area contributed by atoms with Crippen LogP contribution in [0.1, 0.15) is 0 Å². The Labute approximate surface area is 412 Å². The molecule has 0 amide bonds. The maximum atomic E-state index is 2.57. The molecule has 0 aromatic heterocycles. The summed E-state index contributed by atoms with van der Waals surface area (Å²) in [6.07, 6.45) is 0. The van der Waals surface area contributed by atoms with Crippen LogP contribution in [0.25, 0.3) is 76.5 Å². The maximum absolute atomic E-state index is 2.57. The Morgan fingerprint density at radius 3 is 0.800 bits per heavy atom. The summed E-state index contributed by atoms with van der Waals surface area (Å²) in [7, 11) is 59.4. The van der Waals surface area contributed by atoms with Crippen molar-refractivity contribution in [3.05, 3.63) is 6.07 Å². The molecule has 8 rings (SSSR count). The van der Waals surface area contributed by atoms with Crippen LogP contribution in [0.4, 0.5) is 0 Å². The lowest BCUT2D eigenvalue weighted by atomic mass is 9.55. The Morgan fingerprint density at radius 1 is 0.154 bits per heavy atom. The summed E-state index contributed by atoms with van der Waals surface area (Å²) >= 11 is 0. The third-order valence-electron chi connectivity index (χ3n) is 18.8. The van der Waals surface area contributed by atoms with E-state index in [2.05, 4.69) is 202 Å². The largest absolute Gasteiger partial charge is 0.140 e. The highest BCUT2D eigenvalue weighted by atomic mass is 14.3. The molecule has 0 spiro atoms. The van der Waals surface area contributed by atoms with Crippen molar-refractivity contribution in [1.29, 1.82) is 0 Å². The molecule has 25 heteroatoms. The van der Waals surface area contributed by atoms with Crippen molar-refractivity contribution < 1.29 is 0 Å². The quantitative estimate of drug-likeness (QED) is 0.123. The van der Waals surface area contributed by atoms with E-state index in [-0.39, 0.29) is 0 Å². The van der Waals surface area contributed by atoms with Gasteiger partial charge in [0.15, 0.2) is 0 Å². The van der Waals surface area contributed by atoms with E-state index in [1.807, 2.05) is 0 Å². The minimum atomic E-state index is 1.36. The van der Waals surface area contributed by atoms with Gasteiger partial charge in [0.2, 0.25) is 0 Å². The Kier molecular flexibility index (Phi) is 12.0. The van der Waals surface area contributed by atoms with Crippen LogP contribution in [0, 0.1) is 0 Å². The van der Waals surface area contributed by atoms with E-state index >= 15 is 0 Å². The second-order valence-electron chi connectivity index (χ2n) is 21.1. The molecule has 0 radical (unpaired) electrons. The molecule has 0 aliphatic carbocycles. The highest BCUT2D eigenvalue weighted by Crippen LogP contribution is 2.41. The molecule has 0 saturated heterocycles. The minimum absolute atomic E-state index is 1.36. The minimum Gasteiger partial charge on any atom is -0.101 e. The first kappa shape index (κ1) is 47.9. The van der Waals surface area contributed by atoms with E-state index in [1.165, 1.54) is 213 Å². The standard InChI is InChI=1S/C40H51B25/c41-3-1-2-4(8-10-12(30(55)34(59)20(8)45)31(56)38(63)37(62)23(10)48)7-9(22(47)36(61)35(60)21(7)46)6(5(2)19(44)17(3)42)11-24(49)27(52)15(28(53)25(11)50)13-18(43)14-16(29(54)26(13)51)33(58)40(65)39(64)32(14)57/h1H,41-65H2. The molecule has 0 unspecified atom stereocenters. The van der Waals surface area contributed by atoms with E-state index < -0.39 is 0 Å². The molecular weight excluding hydrogens is 751 g/mol. The molecule has 0 N–H and O–H groups in total. The predicted molar refractivity (Wildman–Crippen MR) is 377 cm³/mol. The molecule has 0 heterocycles. The molecule has 8 aromatic carbocycles. The summed E-state index contributed by atoms with van der Waals surface area (Å²) in [5, 5.41) is 11.4. The van der Waals surface area contributed by atoms with Crippen LogP contribution in [0.2, 0.25) is 0 Å². The Balaban J connectivity index is 1.66. The lowest BCUT2D eigenvalue weighted by molar-refractivity contribution is 1.82. The summed E-state index contributed by atoms with van der Waals surface area (Å²) < 4.78 is 0. The smallest absolute Gasteiger partial charge is 0.101 e. The van der Waals surface area contributed by atoms with Gasteiger partial charge in [-0.1, -0.05) is 98.9 Å². The average Bonchev–Trinajstić information content (AvgIpc) is 3.27. The van der Waals surface area contributed by atoms with Gasteiger partial charge in [0.25, 0.3) is 0 Å². The Bertz CT molecular complexity index is 3560. The molecule has 0 aliphatic rings. The topological polar surface area (TPSA) is 0 Å². The van der Waals surface area contributed by atoms with E-state index in [1.54, 1.807) is 0 Å². The van der Waals surface area contributed by atoms with Gasteiger partial charge in [-0.25, -0.2) is 0 Å². The molecule has 0 aliphatic heterocycles. The van der Waals surface area contributed by atoms with Gasteiger partial charge in [-0.15, -0.1) is 43.7 Å². The van der Waals surface area contributed by atoms with Crippen molar-refractivity contribution in [2.75, 3.05) is 0 Å². The summed E-state index contributed by atoms with van der Waals surface area (Å²) in [5.74, 6) is 0. The number of hydrogen-bond acceptors (Lipinski definition) is 0. The number of rotatable bonds is 3. The second kappa shape index (κ2) is 16.3. The zero-order valence-electron chi connectivity index (χ0n) is 45.1. The molecule has 0 bridgehead atoms. The van der Waals surface area contributed by atoms with Crippen LogP contribution in [0.5, 0.6) is 0 Å². The zero-order valence-corrected chi connectivity index (χ0v) is 45.1. The zero-order chi connectivity index (χ0) is 48.2. The van der Waals surface area contributed by atoms with Gasteiger partial charge >= 0.3 is 0 Å². The number of fused-ring (bicyclic) bond motifs is 4. The molecule has 0 fully saturated rings. The van der Waals surface area contributed by atoms with Gasteiger partial charge < -0.3 is 0 Å². The van der Waals surface area contributed by atoms with Crippen LogP contribution >= 0.6 is 0 Å². The first-order chi connectivity index (χ1) is 30.3. The normalized spacial score (nSPS) is 11.7.